The largest absolute Gasteiger partial charge is 0.481 e. The van der Waals surface area contributed by atoms with Crippen LogP contribution in [0.4, 0.5) is 11.5 Å². The zero-order valence-electron chi connectivity index (χ0n) is 29.1. The summed E-state index contributed by atoms with van der Waals surface area (Å²) in [5.74, 6) is -0.0155. The smallest absolute Gasteiger partial charge is 0.307 e. The van der Waals surface area contributed by atoms with Gasteiger partial charge in [-0.2, -0.15) is 5.26 Å². The highest BCUT2D eigenvalue weighted by atomic mass is 16.4. The van der Waals surface area contributed by atoms with E-state index >= 15 is 0 Å². The Kier molecular flexibility index (Phi) is 8.89. The Balaban J connectivity index is 1.07. The molecule has 8 rings (SSSR count). The number of aliphatic hydroxyl groups excluding tert-OH is 1. The number of carboxylic acids is 1. The van der Waals surface area contributed by atoms with Crippen LogP contribution in [0, 0.1) is 31.1 Å². The molecule has 1 unspecified atom stereocenters. The van der Waals surface area contributed by atoms with Crippen molar-refractivity contribution >= 4 is 39.5 Å². The predicted molar refractivity (Wildman–Crippen MR) is 199 cm³/mol. The van der Waals surface area contributed by atoms with E-state index in [0.717, 1.165) is 75.0 Å². The van der Waals surface area contributed by atoms with Crippen molar-refractivity contribution in [2.45, 2.75) is 45.9 Å². The van der Waals surface area contributed by atoms with E-state index in [-0.39, 0.29) is 12.0 Å². The van der Waals surface area contributed by atoms with Crippen molar-refractivity contribution in [3.8, 4) is 28.7 Å². The molecule has 52 heavy (non-hydrogen) atoms. The molecule has 3 aromatic heterocycles. The summed E-state index contributed by atoms with van der Waals surface area (Å²) in [7, 11) is 0. The average Bonchev–Trinajstić information content (AvgIpc) is 3.89. The number of carbonyl (C=O) groups is 1. The van der Waals surface area contributed by atoms with E-state index in [0.29, 0.717) is 61.0 Å². The summed E-state index contributed by atoms with van der Waals surface area (Å²) < 4.78 is 6.28. The second-order valence-corrected chi connectivity index (χ2v) is 14.0. The summed E-state index contributed by atoms with van der Waals surface area (Å²) in [6, 6.07) is 22.4. The summed E-state index contributed by atoms with van der Waals surface area (Å²) in [5.41, 5.74) is 10.1. The first kappa shape index (κ1) is 33.5. The second kappa shape index (κ2) is 13.8. The fourth-order valence-corrected chi connectivity index (χ4v) is 7.66. The zero-order valence-corrected chi connectivity index (χ0v) is 29.1. The molecule has 2 atom stereocenters. The summed E-state index contributed by atoms with van der Waals surface area (Å²) in [6.45, 7) is 8.21. The minimum atomic E-state index is -0.767. The first-order valence-electron chi connectivity index (χ1n) is 17.6. The Morgan fingerprint density at radius 1 is 0.942 bits per heavy atom. The monoisotopic (exact) mass is 693 g/mol. The van der Waals surface area contributed by atoms with Crippen LogP contribution in [0.1, 0.15) is 40.7 Å². The molecule has 6 aromatic rings. The highest BCUT2D eigenvalue weighted by Crippen LogP contribution is 2.38. The Labute approximate surface area is 301 Å². The molecule has 0 aliphatic carbocycles. The number of nitriles is 1. The van der Waals surface area contributed by atoms with E-state index in [1.807, 2.05) is 48.7 Å². The molecule has 2 fully saturated rings. The van der Waals surface area contributed by atoms with Gasteiger partial charge in [-0.1, -0.05) is 24.3 Å². The van der Waals surface area contributed by atoms with Gasteiger partial charge in [-0.3, -0.25) is 19.6 Å². The molecular weight excluding hydrogens is 654 g/mol. The van der Waals surface area contributed by atoms with E-state index in [1.165, 1.54) is 0 Å². The number of β-amino-alcohol motifs (C(OH)–C–C–N with tert-alkyl or cyclic N) is 1. The van der Waals surface area contributed by atoms with Gasteiger partial charge in [0.25, 0.3) is 0 Å². The lowest BCUT2D eigenvalue weighted by Crippen LogP contribution is -2.22. The molecule has 11 nitrogen and oxygen atoms in total. The van der Waals surface area contributed by atoms with E-state index < -0.39 is 5.97 Å². The number of hydrogen-bond acceptors (Lipinski definition) is 10. The fraction of sp³-hybridized carbons (Fsp3) is 0.293. The van der Waals surface area contributed by atoms with Crippen LogP contribution in [-0.2, 0) is 17.9 Å². The average molecular weight is 694 g/mol. The number of carboxylic acid groups (broad SMARTS) is 1. The maximum Gasteiger partial charge on any atom is 0.307 e. The number of anilines is 2. The van der Waals surface area contributed by atoms with Crippen molar-refractivity contribution < 1.29 is 19.4 Å². The van der Waals surface area contributed by atoms with E-state index in [1.54, 1.807) is 6.20 Å². The summed E-state index contributed by atoms with van der Waals surface area (Å²) in [5, 5.41) is 33.9. The Morgan fingerprint density at radius 3 is 2.46 bits per heavy atom. The van der Waals surface area contributed by atoms with Crippen LogP contribution in [0.25, 0.3) is 44.6 Å². The van der Waals surface area contributed by atoms with Gasteiger partial charge in [0.2, 0.25) is 5.89 Å². The Hall–Kier alpha value is -5.67. The van der Waals surface area contributed by atoms with Crippen LogP contribution >= 0.6 is 0 Å². The number of rotatable bonds is 9. The van der Waals surface area contributed by atoms with Gasteiger partial charge in [0.15, 0.2) is 11.4 Å². The highest BCUT2D eigenvalue weighted by Gasteiger charge is 2.28. The molecule has 0 bridgehead atoms. The number of fused-ring (bicyclic) bond motifs is 2. The number of hydrogen-bond donors (Lipinski definition) is 3. The number of nitrogens with one attached hydrogen (secondary N) is 1. The SMILES string of the molecule is Cc1c(Nc2nccc3cc(CN4CCC(O)C4)cnc23)cccc1-c1cccc(-c2nc3cc(CN4CC[C@H](C(=O)O)C4)cc(C#N)c3o2)c1C. The summed E-state index contributed by atoms with van der Waals surface area (Å²) in [4.78, 5) is 30.1. The zero-order chi connectivity index (χ0) is 35.9. The first-order chi connectivity index (χ1) is 25.2. The number of benzene rings is 3. The molecule has 0 radical (unpaired) electrons. The van der Waals surface area contributed by atoms with Crippen molar-refractivity contribution in [1.82, 2.24) is 24.8 Å². The third kappa shape index (κ3) is 6.48. The van der Waals surface area contributed by atoms with Crippen LogP contribution in [-0.4, -0.2) is 73.2 Å². The molecule has 11 heteroatoms. The van der Waals surface area contributed by atoms with Gasteiger partial charge in [0.1, 0.15) is 17.1 Å². The number of aliphatic hydroxyl groups is 1. The fourth-order valence-electron chi connectivity index (χ4n) is 7.66. The third-order valence-electron chi connectivity index (χ3n) is 10.4. The number of likely N-dealkylation sites (tertiary alicyclic amines) is 2. The number of oxazole rings is 1. The highest BCUT2D eigenvalue weighted by molar-refractivity contribution is 5.91. The van der Waals surface area contributed by atoms with Crippen molar-refractivity contribution in [1.29, 1.82) is 5.26 Å². The molecule has 0 amide bonds. The molecule has 2 saturated heterocycles. The van der Waals surface area contributed by atoms with Crippen LogP contribution in [0.2, 0.25) is 0 Å². The van der Waals surface area contributed by atoms with Gasteiger partial charge < -0.3 is 19.9 Å². The van der Waals surface area contributed by atoms with Crippen LogP contribution in [0.3, 0.4) is 0 Å². The standard InChI is InChI=1S/C41H39N7O4/c1-24-32(5-3-7-34(24)40-46-36-17-26(15-30(18-42)38(36)52-40)20-47-13-10-29(22-47)41(50)51)33-6-4-8-35(25(33)2)45-39-37-28(9-12-43-39)16-27(19-44-37)21-48-14-11-31(49)23-48/h3-9,12,15-17,19,29,31,49H,10-11,13-14,20-23H2,1-2H3,(H,43,45)(H,50,51)/t29-,31?/m0/s1. The number of aliphatic carboxylic acids is 1. The maximum absolute atomic E-state index is 11.5. The molecule has 2 aliphatic heterocycles. The third-order valence-corrected chi connectivity index (χ3v) is 10.4. The molecule has 5 heterocycles. The van der Waals surface area contributed by atoms with Gasteiger partial charge in [-0.25, -0.2) is 9.97 Å². The topological polar surface area (TPSA) is 152 Å². The van der Waals surface area contributed by atoms with Crippen LogP contribution < -0.4 is 5.32 Å². The molecule has 2 aliphatic rings. The molecule has 3 aromatic carbocycles. The molecule has 0 spiro atoms. The van der Waals surface area contributed by atoms with Gasteiger partial charge in [-0.05, 0) is 103 Å². The van der Waals surface area contributed by atoms with Crippen molar-refractivity contribution in [3.63, 3.8) is 0 Å². The number of aromatic nitrogens is 3. The Morgan fingerprint density at radius 2 is 1.69 bits per heavy atom. The Bertz CT molecular complexity index is 2380. The molecule has 3 N–H and O–H groups in total. The number of pyridine rings is 2. The lowest BCUT2D eigenvalue weighted by molar-refractivity contribution is -0.141. The van der Waals surface area contributed by atoms with Gasteiger partial charge in [0, 0.05) is 61.8 Å². The van der Waals surface area contributed by atoms with E-state index in [2.05, 4.69) is 58.2 Å². The van der Waals surface area contributed by atoms with Crippen LogP contribution in [0.5, 0.6) is 0 Å². The lowest BCUT2D eigenvalue weighted by Gasteiger charge is -2.17. The van der Waals surface area contributed by atoms with Gasteiger partial charge in [-0.15, -0.1) is 0 Å². The van der Waals surface area contributed by atoms with E-state index in [4.69, 9.17) is 14.4 Å². The van der Waals surface area contributed by atoms with Gasteiger partial charge in [0.05, 0.1) is 17.6 Å². The second-order valence-electron chi connectivity index (χ2n) is 14.0. The molecular formula is C41H39N7O4. The first-order valence-corrected chi connectivity index (χ1v) is 17.6. The van der Waals surface area contributed by atoms with Gasteiger partial charge >= 0.3 is 5.97 Å². The molecule has 0 saturated carbocycles. The van der Waals surface area contributed by atoms with Crippen molar-refractivity contribution in [3.05, 3.63) is 101 Å². The van der Waals surface area contributed by atoms with Crippen molar-refractivity contribution in [2.24, 2.45) is 5.92 Å². The normalized spacial score (nSPS) is 18.0. The molecule has 262 valence electrons. The quantitative estimate of drug-likeness (QED) is 0.146. The van der Waals surface area contributed by atoms with E-state index in [9.17, 15) is 20.3 Å². The summed E-state index contributed by atoms with van der Waals surface area (Å²) in [6.07, 6.45) is 4.87. The number of nitrogens with zero attached hydrogens (tertiary/aromatic N) is 6. The predicted octanol–water partition coefficient (Wildman–Crippen LogP) is 6.81. The minimum absolute atomic E-state index is 0.254. The minimum Gasteiger partial charge on any atom is -0.481 e. The lowest BCUT2D eigenvalue weighted by atomic mass is 9.93. The maximum atomic E-state index is 11.5. The van der Waals surface area contributed by atoms with Crippen LogP contribution in [0.15, 0.2) is 77.5 Å². The summed E-state index contributed by atoms with van der Waals surface area (Å²) >= 11 is 0. The van der Waals surface area contributed by atoms with Crippen molar-refractivity contribution in [2.75, 3.05) is 31.5 Å².